The van der Waals surface area contributed by atoms with Gasteiger partial charge >= 0.3 is 0 Å². The predicted octanol–water partition coefficient (Wildman–Crippen LogP) is 3.52. The molecule has 0 radical (unpaired) electrons. The van der Waals surface area contributed by atoms with E-state index in [1.807, 2.05) is 19.1 Å². The van der Waals surface area contributed by atoms with Gasteiger partial charge in [0.2, 0.25) is 0 Å². The normalized spacial score (nSPS) is 15.9. The number of rotatable bonds is 5. The summed E-state index contributed by atoms with van der Waals surface area (Å²) < 4.78 is 0. The Morgan fingerprint density at radius 3 is 3.00 bits per heavy atom. The second kappa shape index (κ2) is 7.62. The van der Waals surface area contributed by atoms with Crippen LogP contribution in [0.15, 0.2) is 42.6 Å². The number of hydrogen-bond donors (Lipinski definition) is 2. The molecule has 24 heavy (non-hydrogen) atoms. The number of nitrogens with one attached hydrogen (secondary N) is 2. The van der Waals surface area contributed by atoms with E-state index in [-0.39, 0.29) is 0 Å². The van der Waals surface area contributed by atoms with Gasteiger partial charge in [0.05, 0.1) is 0 Å². The fourth-order valence-electron chi connectivity index (χ4n) is 3.19. The maximum Gasteiger partial charge on any atom is 0.171 e. The van der Waals surface area contributed by atoms with Gasteiger partial charge in [-0.05, 0) is 68.2 Å². The van der Waals surface area contributed by atoms with E-state index in [0.29, 0.717) is 11.2 Å². The maximum absolute atomic E-state index is 5.34. The molecule has 5 heteroatoms. The Kier molecular flexibility index (Phi) is 5.30. The SMILES string of the molecule is Cc1ccnc(NC(=S)NCCCN2c3ccccc3C[C@@H]2C)c1. The van der Waals surface area contributed by atoms with E-state index in [0.717, 1.165) is 37.3 Å². The summed E-state index contributed by atoms with van der Waals surface area (Å²) in [5, 5.41) is 7.03. The minimum absolute atomic E-state index is 0.573. The summed E-state index contributed by atoms with van der Waals surface area (Å²) in [5.41, 5.74) is 4.01. The van der Waals surface area contributed by atoms with Crippen molar-refractivity contribution < 1.29 is 0 Å². The smallest absolute Gasteiger partial charge is 0.171 e. The molecule has 4 nitrogen and oxygen atoms in total. The van der Waals surface area contributed by atoms with Gasteiger partial charge in [-0.25, -0.2) is 4.98 Å². The second-order valence-electron chi connectivity index (χ2n) is 6.33. The molecule has 0 saturated heterocycles. The lowest BCUT2D eigenvalue weighted by Crippen LogP contribution is -2.34. The molecular formula is C19H24N4S. The summed E-state index contributed by atoms with van der Waals surface area (Å²) in [6.45, 7) is 6.22. The van der Waals surface area contributed by atoms with Crippen LogP contribution in [0.5, 0.6) is 0 Å². The van der Waals surface area contributed by atoms with E-state index in [1.54, 1.807) is 6.20 Å². The molecule has 0 bridgehead atoms. The first-order chi connectivity index (χ1) is 11.6. The zero-order chi connectivity index (χ0) is 16.9. The molecule has 0 aliphatic carbocycles. The van der Waals surface area contributed by atoms with Crippen LogP contribution in [0, 0.1) is 6.92 Å². The van der Waals surface area contributed by atoms with Crippen LogP contribution < -0.4 is 15.5 Å². The molecule has 0 fully saturated rings. The monoisotopic (exact) mass is 340 g/mol. The van der Waals surface area contributed by atoms with Crippen LogP contribution in [0.3, 0.4) is 0 Å². The minimum Gasteiger partial charge on any atom is -0.368 e. The average Bonchev–Trinajstić information content (AvgIpc) is 2.87. The third-order valence-electron chi connectivity index (χ3n) is 4.37. The van der Waals surface area contributed by atoms with Crippen molar-refractivity contribution in [2.45, 2.75) is 32.7 Å². The Balaban J connectivity index is 1.43. The number of benzene rings is 1. The Hall–Kier alpha value is -2.14. The number of fused-ring (bicyclic) bond motifs is 1. The topological polar surface area (TPSA) is 40.2 Å². The molecule has 2 N–H and O–H groups in total. The van der Waals surface area contributed by atoms with Crippen LogP contribution >= 0.6 is 12.2 Å². The second-order valence-corrected chi connectivity index (χ2v) is 6.74. The Labute approximate surface area is 149 Å². The first-order valence-corrected chi connectivity index (χ1v) is 8.86. The highest BCUT2D eigenvalue weighted by atomic mass is 32.1. The van der Waals surface area contributed by atoms with E-state index >= 15 is 0 Å². The number of nitrogens with zero attached hydrogens (tertiary/aromatic N) is 2. The van der Waals surface area contributed by atoms with Crippen LogP contribution in [0.1, 0.15) is 24.5 Å². The molecule has 0 unspecified atom stereocenters. The predicted molar refractivity (Wildman–Crippen MR) is 105 cm³/mol. The van der Waals surface area contributed by atoms with Gasteiger partial charge in [0.15, 0.2) is 5.11 Å². The Morgan fingerprint density at radius 2 is 2.17 bits per heavy atom. The molecule has 0 spiro atoms. The zero-order valence-corrected chi connectivity index (χ0v) is 15.1. The molecule has 1 aliphatic rings. The average molecular weight is 340 g/mol. The molecule has 1 aromatic heterocycles. The zero-order valence-electron chi connectivity index (χ0n) is 14.2. The molecule has 1 atom stereocenters. The summed E-state index contributed by atoms with van der Waals surface area (Å²) in [4.78, 5) is 6.75. The molecule has 126 valence electrons. The van der Waals surface area contributed by atoms with Gasteiger partial charge < -0.3 is 15.5 Å². The van der Waals surface area contributed by atoms with E-state index in [1.165, 1.54) is 11.3 Å². The highest BCUT2D eigenvalue weighted by molar-refractivity contribution is 7.80. The van der Waals surface area contributed by atoms with Gasteiger partial charge in [-0.2, -0.15) is 0 Å². The molecule has 0 amide bonds. The van der Waals surface area contributed by atoms with Crippen molar-refractivity contribution in [1.29, 1.82) is 0 Å². The summed E-state index contributed by atoms with van der Waals surface area (Å²) in [7, 11) is 0. The Bertz CT molecular complexity index is 716. The van der Waals surface area contributed by atoms with Crippen LogP contribution in [0.2, 0.25) is 0 Å². The van der Waals surface area contributed by atoms with Crippen molar-refractivity contribution >= 4 is 28.8 Å². The summed E-state index contributed by atoms with van der Waals surface area (Å²) >= 11 is 5.34. The van der Waals surface area contributed by atoms with Crippen LogP contribution in [-0.4, -0.2) is 29.2 Å². The maximum atomic E-state index is 5.34. The fraction of sp³-hybridized carbons (Fsp3) is 0.368. The van der Waals surface area contributed by atoms with Gasteiger partial charge in [0.1, 0.15) is 5.82 Å². The van der Waals surface area contributed by atoms with Crippen molar-refractivity contribution in [3.05, 3.63) is 53.7 Å². The van der Waals surface area contributed by atoms with Crippen LogP contribution in [0.4, 0.5) is 11.5 Å². The fourth-order valence-corrected chi connectivity index (χ4v) is 3.39. The molecule has 3 rings (SSSR count). The summed E-state index contributed by atoms with van der Waals surface area (Å²) in [5.74, 6) is 0.787. The number of anilines is 2. The first-order valence-electron chi connectivity index (χ1n) is 8.45. The lowest BCUT2D eigenvalue weighted by molar-refractivity contribution is 0.641. The molecule has 2 aromatic rings. The molecule has 2 heterocycles. The number of para-hydroxylation sites is 1. The van der Waals surface area contributed by atoms with E-state index in [4.69, 9.17) is 12.2 Å². The third kappa shape index (κ3) is 4.03. The number of aryl methyl sites for hydroxylation is 1. The van der Waals surface area contributed by atoms with Crippen molar-refractivity contribution in [3.63, 3.8) is 0 Å². The van der Waals surface area contributed by atoms with E-state index in [9.17, 15) is 0 Å². The quantitative estimate of drug-likeness (QED) is 0.644. The number of pyridine rings is 1. The van der Waals surface area contributed by atoms with Crippen LogP contribution in [-0.2, 0) is 6.42 Å². The minimum atomic E-state index is 0.573. The molecule has 0 saturated carbocycles. The van der Waals surface area contributed by atoms with Gasteiger partial charge in [0.25, 0.3) is 0 Å². The lowest BCUT2D eigenvalue weighted by Gasteiger charge is -2.25. The number of aromatic nitrogens is 1. The van der Waals surface area contributed by atoms with Crippen molar-refractivity contribution in [2.75, 3.05) is 23.3 Å². The van der Waals surface area contributed by atoms with Crippen LogP contribution in [0.25, 0.3) is 0 Å². The Morgan fingerprint density at radius 1 is 1.33 bits per heavy atom. The molecule has 1 aromatic carbocycles. The standard InChI is InChI=1S/C19H24N4S/c1-14-8-10-20-18(12-14)22-19(24)21-9-5-11-23-15(2)13-16-6-3-4-7-17(16)23/h3-4,6-8,10,12,15H,5,9,11,13H2,1-2H3,(H2,20,21,22,24)/t15-/m0/s1. The van der Waals surface area contributed by atoms with E-state index in [2.05, 4.69) is 51.7 Å². The first kappa shape index (κ1) is 16.7. The van der Waals surface area contributed by atoms with Crippen molar-refractivity contribution in [2.24, 2.45) is 0 Å². The highest BCUT2D eigenvalue weighted by Gasteiger charge is 2.24. The summed E-state index contributed by atoms with van der Waals surface area (Å²) in [6, 6.07) is 13.2. The number of hydrogen-bond acceptors (Lipinski definition) is 3. The van der Waals surface area contributed by atoms with Crippen molar-refractivity contribution in [1.82, 2.24) is 10.3 Å². The largest absolute Gasteiger partial charge is 0.368 e. The number of thiocarbonyl (C=S) groups is 1. The molecule has 1 aliphatic heterocycles. The van der Waals surface area contributed by atoms with Gasteiger partial charge in [-0.3, -0.25) is 0 Å². The lowest BCUT2D eigenvalue weighted by atomic mass is 10.1. The van der Waals surface area contributed by atoms with Gasteiger partial charge in [-0.1, -0.05) is 18.2 Å². The van der Waals surface area contributed by atoms with Gasteiger partial charge in [0, 0.05) is 31.0 Å². The highest BCUT2D eigenvalue weighted by Crippen LogP contribution is 2.31. The van der Waals surface area contributed by atoms with E-state index < -0.39 is 0 Å². The molecular weight excluding hydrogens is 316 g/mol. The third-order valence-corrected chi connectivity index (χ3v) is 4.61. The van der Waals surface area contributed by atoms with Crippen molar-refractivity contribution in [3.8, 4) is 0 Å². The summed E-state index contributed by atoms with van der Waals surface area (Å²) in [6.07, 6.45) is 3.97. The van der Waals surface area contributed by atoms with Gasteiger partial charge in [-0.15, -0.1) is 0 Å².